The number of hydrogen-bond acceptors (Lipinski definition) is 6. The van der Waals surface area contributed by atoms with E-state index in [4.69, 9.17) is 0 Å². The Morgan fingerprint density at radius 2 is 1.00 bits per heavy atom. The molecule has 3 rings (SSSR count). The average molecular weight is 475 g/mol. The Morgan fingerprint density at radius 3 is 1.34 bits per heavy atom. The van der Waals surface area contributed by atoms with Gasteiger partial charge >= 0.3 is 0 Å². The average Bonchev–Trinajstić information content (AvgIpc) is 2.72. The summed E-state index contributed by atoms with van der Waals surface area (Å²) in [5, 5.41) is 0. The second kappa shape index (κ2) is 8.40. The fraction of sp³-hybridized carbons (Fsp3) is 0.0909. The van der Waals surface area contributed by atoms with E-state index >= 15 is 0 Å². The Labute approximate surface area is 185 Å². The highest BCUT2D eigenvalue weighted by Gasteiger charge is 2.20. The van der Waals surface area contributed by atoms with Crippen LogP contribution in [-0.2, 0) is 20.2 Å². The second-order valence-corrected chi connectivity index (χ2v) is 9.99. The van der Waals surface area contributed by atoms with E-state index in [2.05, 4.69) is 0 Å². The number of aryl methyl sites for hydroxylation is 2. The summed E-state index contributed by atoms with van der Waals surface area (Å²) in [5.74, 6) is -1.13. The summed E-state index contributed by atoms with van der Waals surface area (Å²) < 4.78 is 64.2. The predicted octanol–water partition coefficient (Wildman–Crippen LogP) is 3.26. The molecular formula is C22H18O8S2. The molecule has 2 N–H and O–H groups in total. The first-order chi connectivity index (χ1) is 14.8. The molecule has 3 aromatic rings. The van der Waals surface area contributed by atoms with Crippen molar-refractivity contribution in [2.24, 2.45) is 0 Å². The van der Waals surface area contributed by atoms with E-state index in [1.165, 1.54) is 48.5 Å². The fourth-order valence-corrected chi connectivity index (χ4v) is 4.14. The van der Waals surface area contributed by atoms with Crippen LogP contribution in [0, 0.1) is 13.8 Å². The van der Waals surface area contributed by atoms with Gasteiger partial charge in [0.05, 0.1) is 9.79 Å². The molecule has 32 heavy (non-hydrogen) atoms. The van der Waals surface area contributed by atoms with Crippen LogP contribution in [0.4, 0.5) is 0 Å². The minimum atomic E-state index is -4.51. The van der Waals surface area contributed by atoms with Crippen molar-refractivity contribution in [2.45, 2.75) is 23.6 Å². The minimum absolute atomic E-state index is 0.0364. The number of carbonyl (C=O) groups excluding carboxylic acids is 2. The van der Waals surface area contributed by atoms with Crippen molar-refractivity contribution in [3.8, 4) is 0 Å². The first kappa shape index (κ1) is 23.5. The third-order valence-electron chi connectivity index (χ3n) is 4.89. The third-order valence-corrected chi connectivity index (χ3v) is 6.59. The zero-order chi connectivity index (χ0) is 23.8. The van der Waals surface area contributed by atoms with E-state index in [1.807, 2.05) is 0 Å². The van der Waals surface area contributed by atoms with Crippen molar-refractivity contribution in [3.05, 3.63) is 94.0 Å². The molecule has 0 bridgehead atoms. The largest absolute Gasteiger partial charge is 0.294 e. The second-order valence-electron chi connectivity index (χ2n) is 7.14. The van der Waals surface area contributed by atoms with E-state index < -0.39 is 41.6 Å². The maximum absolute atomic E-state index is 13.0. The molecule has 0 unspecified atom stereocenters. The third kappa shape index (κ3) is 4.83. The normalized spacial score (nSPS) is 11.9. The van der Waals surface area contributed by atoms with E-state index in [0.29, 0.717) is 11.1 Å². The van der Waals surface area contributed by atoms with Crippen LogP contribution >= 0.6 is 0 Å². The van der Waals surface area contributed by atoms with Crippen molar-refractivity contribution < 1.29 is 35.5 Å². The zero-order valence-electron chi connectivity index (χ0n) is 16.9. The zero-order valence-corrected chi connectivity index (χ0v) is 18.6. The lowest BCUT2D eigenvalue weighted by Gasteiger charge is -2.10. The summed E-state index contributed by atoms with van der Waals surface area (Å²) in [6.45, 7) is 3.19. The van der Waals surface area contributed by atoms with Crippen LogP contribution in [0.1, 0.15) is 43.0 Å². The molecular weight excluding hydrogens is 456 g/mol. The molecule has 0 spiro atoms. The Kier molecular flexibility index (Phi) is 6.16. The van der Waals surface area contributed by atoms with Gasteiger partial charge in [-0.2, -0.15) is 16.8 Å². The molecule has 166 valence electrons. The van der Waals surface area contributed by atoms with Gasteiger partial charge in [0.15, 0.2) is 11.6 Å². The first-order valence-corrected chi connectivity index (χ1v) is 12.0. The quantitative estimate of drug-likeness (QED) is 0.409. The van der Waals surface area contributed by atoms with Crippen molar-refractivity contribution in [2.75, 3.05) is 0 Å². The van der Waals surface area contributed by atoms with E-state index in [-0.39, 0.29) is 22.3 Å². The van der Waals surface area contributed by atoms with Crippen LogP contribution in [-0.4, -0.2) is 37.5 Å². The van der Waals surface area contributed by atoms with Gasteiger partial charge in [-0.05, 0) is 55.3 Å². The summed E-state index contributed by atoms with van der Waals surface area (Å²) in [5.41, 5.74) is 1.19. The lowest BCUT2D eigenvalue weighted by molar-refractivity contribution is 0.103. The van der Waals surface area contributed by atoms with Crippen molar-refractivity contribution in [3.63, 3.8) is 0 Å². The molecule has 0 aliphatic heterocycles. The van der Waals surface area contributed by atoms with Gasteiger partial charge in [-0.1, -0.05) is 30.3 Å². The smallest absolute Gasteiger partial charge is 0.289 e. The van der Waals surface area contributed by atoms with E-state index in [9.17, 15) is 35.5 Å². The molecule has 8 nitrogen and oxygen atoms in total. The van der Waals surface area contributed by atoms with E-state index in [0.717, 1.165) is 12.1 Å². The molecule has 0 heterocycles. The van der Waals surface area contributed by atoms with Gasteiger partial charge in [0.25, 0.3) is 20.2 Å². The summed E-state index contributed by atoms with van der Waals surface area (Å²) >= 11 is 0. The van der Waals surface area contributed by atoms with Crippen molar-refractivity contribution in [1.29, 1.82) is 0 Å². The first-order valence-electron chi connectivity index (χ1n) is 9.15. The number of hydrogen-bond donors (Lipinski definition) is 2. The highest BCUT2D eigenvalue weighted by Crippen LogP contribution is 2.22. The van der Waals surface area contributed by atoms with Gasteiger partial charge in [-0.15, -0.1) is 0 Å². The van der Waals surface area contributed by atoms with Gasteiger partial charge in [-0.25, -0.2) is 0 Å². The highest BCUT2D eigenvalue weighted by atomic mass is 32.2. The van der Waals surface area contributed by atoms with Crippen LogP contribution in [0.5, 0.6) is 0 Å². The number of carbonyl (C=O) groups is 2. The van der Waals surface area contributed by atoms with Crippen LogP contribution < -0.4 is 0 Å². The topological polar surface area (TPSA) is 143 Å². The van der Waals surface area contributed by atoms with Crippen LogP contribution in [0.25, 0.3) is 0 Å². The summed E-state index contributed by atoms with van der Waals surface area (Å²) in [4.78, 5) is 25.2. The van der Waals surface area contributed by atoms with Gasteiger partial charge in [0.1, 0.15) is 0 Å². The summed E-state index contributed by atoms with van der Waals surface area (Å²) in [6.07, 6.45) is 0. The SMILES string of the molecule is Cc1ccc(S(=O)(=O)O)cc1C(=O)c1cccc(C(=O)c2cc(S(=O)(=O)O)ccc2C)c1. The molecule has 0 aliphatic carbocycles. The fourth-order valence-electron chi connectivity index (χ4n) is 3.13. The molecule has 0 aliphatic rings. The summed E-state index contributed by atoms with van der Waals surface area (Å²) in [6, 6.07) is 12.9. The maximum atomic E-state index is 13.0. The Balaban J connectivity index is 2.05. The summed E-state index contributed by atoms with van der Waals surface area (Å²) in [7, 11) is -9.02. The van der Waals surface area contributed by atoms with E-state index in [1.54, 1.807) is 13.8 Å². The van der Waals surface area contributed by atoms with Gasteiger partial charge in [0.2, 0.25) is 0 Å². The van der Waals surface area contributed by atoms with Gasteiger partial charge in [0, 0.05) is 22.3 Å². The lowest BCUT2D eigenvalue weighted by atomic mass is 9.94. The van der Waals surface area contributed by atoms with Crippen LogP contribution in [0.3, 0.4) is 0 Å². The molecule has 0 amide bonds. The van der Waals surface area contributed by atoms with Crippen molar-refractivity contribution in [1.82, 2.24) is 0 Å². The molecule has 0 aromatic heterocycles. The minimum Gasteiger partial charge on any atom is -0.289 e. The molecule has 0 saturated heterocycles. The Morgan fingerprint density at radius 1 is 0.625 bits per heavy atom. The Hall–Kier alpha value is -3.18. The van der Waals surface area contributed by atoms with Crippen LogP contribution in [0.15, 0.2) is 70.5 Å². The number of benzene rings is 3. The lowest BCUT2D eigenvalue weighted by Crippen LogP contribution is -2.10. The molecule has 10 heteroatoms. The van der Waals surface area contributed by atoms with Gasteiger partial charge < -0.3 is 0 Å². The maximum Gasteiger partial charge on any atom is 0.294 e. The molecule has 0 radical (unpaired) electrons. The molecule has 0 saturated carbocycles. The van der Waals surface area contributed by atoms with Gasteiger partial charge in [-0.3, -0.25) is 18.7 Å². The predicted molar refractivity (Wildman–Crippen MR) is 115 cm³/mol. The van der Waals surface area contributed by atoms with Crippen LogP contribution in [0.2, 0.25) is 0 Å². The standard InChI is InChI=1S/C22H18O8S2/c1-13-6-8-17(31(25,26)27)11-19(13)21(23)15-4-3-5-16(10-15)22(24)20-12-18(32(28,29)30)9-7-14(20)2/h3-12H,1-2H3,(H,25,26,27)(H,28,29,30). The Bertz CT molecular complexity index is 1360. The van der Waals surface area contributed by atoms with Crippen molar-refractivity contribution >= 4 is 31.8 Å². The molecule has 0 fully saturated rings. The number of rotatable bonds is 6. The molecule has 3 aromatic carbocycles. The monoisotopic (exact) mass is 474 g/mol. The highest BCUT2D eigenvalue weighted by molar-refractivity contribution is 7.86. The molecule has 0 atom stereocenters. The number of ketones is 2.